The lowest BCUT2D eigenvalue weighted by Gasteiger charge is -2.12. The number of carbonyl (C=O) groups excluding carboxylic acids is 1. The van der Waals surface area contributed by atoms with E-state index in [1.54, 1.807) is 13.0 Å². The van der Waals surface area contributed by atoms with Crippen LogP contribution in [0.5, 0.6) is 0 Å². The van der Waals surface area contributed by atoms with E-state index >= 15 is 0 Å². The van der Waals surface area contributed by atoms with Crippen molar-refractivity contribution in [2.24, 2.45) is 0 Å². The van der Waals surface area contributed by atoms with Gasteiger partial charge >= 0.3 is 11.1 Å². The highest BCUT2D eigenvalue weighted by atomic mass is 19.1. The molecule has 0 spiro atoms. The Balaban J connectivity index is 1.87. The Labute approximate surface area is 160 Å². The fourth-order valence-corrected chi connectivity index (χ4v) is 2.96. The molecule has 0 aliphatic rings. The first-order valence-corrected chi connectivity index (χ1v) is 8.87. The van der Waals surface area contributed by atoms with Gasteiger partial charge in [-0.1, -0.05) is 31.2 Å². The van der Waals surface area contributed by atoms with Crippen molar-refractivity contribution >= 4 is 11.6 Å². The Bertz CT molecular complexity index is 1150. The van der Waals surface area contributed by atoms with Gasteiger partial charge in [0.15, 0.2) is 0 Å². The number of halogens is 1. The summed E-state index contributed by atoms with van der Waals surface area (Å²) in [4.78, 5) is 37.2. The number of rotatable bonds is 5. The second kappa shape index (κ2) is 8.04. The Morgan fingerprint density at radius 3 is 2.57 bits per heavy atom. The molecule has 1 heterocycles. The minimum absolute atomic E-state index is 0.288. The monoisotopic (exact) mass is 381 g/mol. The molecular formula is C21H20FN3O3. The first-order valence-electron chi connectivity index (χ1n) is 8.87. The van der Waals surface area contributed by atoms with Gasteiger partial charge in [0, 0.05) is 18.1 Å². The molecule has 0 radical (unpaired) electrons. The van der Waals surface area contributed by atoms with Crippen LogP contribution in [0.25, 0.3) is 5.69 Å². The number of aryl methyl sites for hydroxylation is 2. The van der Waals surface area contributed by atoms with Crippen molar-refractivity contribution < 1.29 is 9.18 Å². The van der Waals surface area contributed by atoms with Crippen molar-refractivity contribution in [3.8, 4) is 5.69 Å². The van der Waals surface area contributed by atoms with Crippen LogP contribution in [0.15, 0.2) is 64.4 Å². The number of anilines is 1. The van der Waals surface area contributed by atoms with E-state index in [1.807, 2.05) is 25.1 Å². The molecule has 0 fully saturated rings. The number of hydrogen-bond acceptors (Lipinski definition) is 3. The largest absolute Gasteiger partial charge is 0.324 e. The van der Waals surface area contributed by atoms with Gasteiger partial charge in [0.25, 0.3) is 0 Å². The Kier molecular flexibility index (Phi) is 5.54. The fourth-order valence-electron chi connectivity index (χ4n) is 2.96. The molecule has 0 saturated carbocycles. The van der Waals surface area contributed by atoms with Crippen LogP contribution in [0.1, 0.15) is 18.1 Å². The van der Waals surface area contributed by atoms with Crippen LogP contribution in [0.3, 0.4) is 0 Å². The van der Waals surface area contributed by atoms with Crippen LogP contribution in [0.4, 0.5) is 10.1 Å². The van der Waals surface area contributed by atoms with Crippen molar-refractivity contribution in [3.63, 3.8) is 0 Å². The third-order valence-corrected chi connectivity index (χ3v) is 4.48. The van der Waals surface area contributed by atoms with Gasteiger partial charge in [-0.05, 0) is 42.7 Å². The van der Waals surface area contributed by atoms with Gasteiger partial charge in [-0.2, -0.15) is 0 Å². The van der Waals surface area contributed by atoms with Crippen LogP contribution < -0.4 is 16.4 Å². The summed E-state index contributed by atoms with van der Waals surface area (Å²) in [7, 11) is 0. The highest BCUT2D eigenvalue weighted by Crippen LogP contribution is 2.15. The molecule has 7 heteroatoms. The quantitative estimate of drug-likeness (QED) is 0.691. The second-order valence-electron chi connectivity index (χ2n) is 6.40. The molecular weight excluding hydrogens is 361 g/mol. The number of hydrogen-bond donors (Lipinski definition) is 1. The zero-order valence-corrected chi connectivity index (χ0v) is 15.6. The molecule has 3 aromatic rings. The molecule has 0 aliphatic heterocycles. The lowest BCUT2D eigenvalue weighted by molar-refractivity contribution is -0.116. The van der Waals surface area contributed by atoms with Gasteiger partial charge in [-0.3, -0.25) is 23.5 Å². The number of carbonyl (C=O) groups is 1. The maximum absolute atomic E-state index is 13.5. The summed E-state index contributed by atoms with van der Waals surface area (Å²) < 4.78 is 15.7. The smallest absolute Gasteiger partial charge is 0.320 e. The van der Waals surface area contributed by atoms with E-state index in [0.29, 0.717) is 11.3 Å². The molecule has 28 heavy (non-hydrogen) atoms. The standard InChI is InChI=1S/C21H20FN3O3/c1-3-15-6-4-5-7-17(15)23-19(26)13-24-10-11-25(21(28)20(24)27)18-12-16(22)9-8-14(18)2/h4-12H,3,13H2,1-2H3,(H,23,26). The molecule has 0 bridgehead atoms. The predicted octanol–water partition coefficient (Wildman–Crippen LogP) is 2.65. The first-order chi connectivity index (χ1) is 13.4. The topological polar surface area (TPSA) is 73.1 Å². The van der Waals surface area contributed by atoms with Gasteiger partial charge in [-0.25, -0.2) is 4.39 Å². The minimum atomic E-state index is -0.856. The van der Waals surface area contributed by atoms with E-state index in [4.69, 9.17) is 0 Å². The number of amides is 1. The number of benzene rings is 2. The third-order valence-electron chi connectivity index (χ3n) is 4.48. The number of nitrogens with zero attached hydrogens (tertiary/aromatic N) is 2. The molecule has 1 amide bonds. The maximum Gasteiger partial charge on any atom is 0.320 e. The summed E-state index contributed by atoms with van der Waals surface area (Å²) in [5.41, 5.74) is 0.875. The predicted molar refractivity (Wildman–Crippen MR) is 105 cm³/mol. The van der Waals surface area contributed by atoms with Gasteiger partial charge in [-0.15, -0.1) is 0 Å². The van der Waals surface area contributed by atoms with Crippen molar-refractivity contribution in [2.45, 2.75) is 26.8 Å². The van der Waals surface area contributed by atoms with Crippen molar-refractivity contribution in [1.82, 2.24) is 9.13 Å². The average molecular weight is 381 g/mol. The molecule has 2 aromatic carbocycles. The van der Waals surface area contributed by atoms with Gasteiger partial charge in [0.2, 0.25) is 5.91 Å². The lowest BCUT2D eigenvalue weighted by atomic mass is 10.1. The van der Waals surface area contributed by atoms with E-state index < -0.39 is 22.8 Å². The maximum atomic E-state index is 13.5. The van der Waals surface area contributed by atoms with E-state index in [1.165, 1.54) is 30.6 Å². The summed E-state index contributed by atoms with van der Waals surface area (Å²) >= 11 is 0. The van der Waals surface area contributed by atoms with Crippen molar-refractivity contribution in [3.05, 3.63) is 92.5 Å². The Morgan fingerprint density at radius 2 is 1.82 bits per heavy atom. The van der Waals surface area contributed by atoms with Crippen molar-refractivity contribution in [1.29, 1.82) is 0 Å². The van der Waals surface area contributed by atoms with Crippen molar-refractivity contribution in [2.75, 3.05) is 5.32 Å². The molecule has 0 unspecified atom stereocenters. The zero-order valence-electron chi connectivity index (χ0n) is 15.6. The molecule has 0 saturated heterocycles. The number of nitrogens with one attached hydrogen (secondary N) is 1. The fraction of sp³-hybridized carbons (Fsp3) is 0.190. The minimum Gasteiger partial charge on any atom is -0.324 e. The zero-order chi connectivity index (χ0) is 20.3. The Morgan fingerprint density at radius 1 is 1.07 bits per heavy atom. The van der Waals surface area contributed by atoms with E-state index in [2.05, 4.69) is 5.32 Å². The molecule has 1 aromatic heterocycles. The summed E-state index contributed by atoms with van der Waals surface area (Å²) in [6.45, 7) is 3.39. The average Bonchev–Trinajstić information content (AvgIpc) is 2.68. The summed E-state index contributed by atoms with van der Waals surface area (Å²) in [6.07, 6.45) is 3.46. The number of aromatic nitrogens is 2. The normalized spacial score (nSPS) is 10.7. The van der Waals surface area contributed by atoms with Gasteiger partial charge in [0.05, 0.1) is 5.69 Å². The Hall–Kier alpha value is -3.48. The molecule has 3 rings (SSSR count). The highest BCUT2D eigenvalue weighted by Gasteiger charge is 2.12. The third kappa shape index (κ3) is 3.93. The molecule has 1 N–H and O–H groups in total. The van der Waals surface area contributed by atoms with Gasteiger partial charge < -0.3 is 5.32 Å². The lowest BCUT2D eigenvalue weighted by Crippen LogP contribution is -2.41. The van der Waals surface area contributed by atoms with Crippen LogP contribution in [0, 0.1) is 12.7 Å². The van der Waals surface area contributed by atoms with E-state index in [-0.39, 0.29) is 12.2 Å². The van der Waals surface area contributed by atoms with E-state index in [0.717, 1.165) is 21.1 Å². The summed E-state index contributed by atoms with van der Waals surface area (Å²) in [5, 5.41) is 2.76. The van der Waals surface area contributed by atoms with Crippen LogP contribution in [-0.4, -0.2) is 15.0 Å². The summed E-state index contributed by atoms with van der Waals surface area (Å²) in [6, 6.07) is 11.4. The molecule has 0 aliphatic carbocycles. The highest BCUT2D eigenvalue weighted by molar-refractivity contribution is 5.91. The van der Waals surface area contributed by atoms with Gasteiger partial charge in [0.1, 0.15) is 12.4 Å². The molecule has 6 nitrogen and oxygen atoms in total. The van der Waals surface area contributed by atoms with Crippen LogP contribution in [-0.2, 0) is 17.8 Å². The second-order valence-corrected chi connectivity index (χ2v) is 6.40. The van der Waals surface area contributed by atoms with E-state index in [9.17, 15) is 18.8 Å². The first kappa shape index (κ1) is 19.3. The summed E-state index contributed by atoms with van der Waals surface area (Å²) in [5.74, 6) is -0.923. The number of para-hydroxylation sites is 1. The van der Waals surface area contributed by atoms with Crippen LogP contribution >= 0.6 is 0 Å². The van der Waals surface area contributed by atoms with Crippen LogP contribution in [0.2, 0.25) is 0 Å². The SMILES string of the molecule is CCc1ccccc1NC(=O)Cn1ccn(-c2cc(F)ccc2C)c(=O)c1=O. The molecule has 144 valence electrons. The molecule has 0 atom stereocenters.